The van der Waals surface area contributed by atoms with E-state index >= 15 is 0 Å². The van der Waals surface area contributed by atoms with Crippen LogP contribution in [0.4, 0.5) is 0 Å². The lowest BCUT2D eigenvalue weighted by Crippen LogP contribution is -2.31. The van der Waals surface area contributed by atoms with Gasteiger partial charge in [0, 0.05) is 12.2 Å². The van der Waals surface area contributed by atoms with E-state index in [1.165, 1.54) is 6.42 Å². The van der Waals surface area contributed by atoms with Gasteiger partial charge in [-0.1, -0.05) is 31.4 Å². The molecule has 1 aromatic heterocycles. The predicted molar refractivity (Wildman–Crippen MR) is 67.1 cm³/mol. The van der Waals surface area contributed by atoms with Crippen LogP contribution in [0.3, 0.4) is 0 Å². The molecule has 0 N–H and O–H groups in total. The first-order valence-corrected chi connectivity index (χ1v) is 6.33. The maximum Gasteiger partial charge on any atom is 0.270 e. The molecule has 17 heavy (non-hydrogen) atoms. The molecule has 1 aliphatic rings. The third-order valence-electron chi connectivity index (χ3n) is 3.60. The minimum atomic E-state index is -0.251. The van der Waals surface area contributed by atoms with E-state index < -0.39 is 0 Å². The topological polar surface area (TPSA) is 45.8 Å². The van der Waals surface area contributed by atoms with Gasteiger partial charge in [0.2, 0.25) is 0 Å². The van der Waals surface area contributed by atoms with Crippen molar-refractivity contribution in [2.75, 3.05) is 0 Å². The van der Waals surface area contributed by atoms with Gasteiger partial charge >= 0.3 is 0 Å². The summed E-state index contributed by atoms with van der Waals surface area (Å²) in [4.78, 5) is 12.1. The van der Waals surface area contributed by atoms with Crippen molar-refractivity contribution < 1.29 is 0 Å². The zero-order valence-electron chi connectivity index (χ0n) is 9.82. The average molecular weight is 251 g/mol. The van der Waals surface area contributed by atoms with Gasteiger partial charge in [0.15, 0.2) is 0 Å². The maximum absolute atomic E-state index is 12.1. The second-order valence-corrected chi connectivity index (χ2v) is 5.10. The molecule has 2 rings (SSSR count). The summed E-state index contributed by atoms with van der Waals surface area (Å²) in [5.41, 5.74) is -0.189. The summed E-state index contributed by atoms with van der Waals surface area (Å²) in [6.45, 7) is 2.16. The van der Waals surface area contributed by atoms with Crippen LogP contribution in [-0.2, 0) is 0 Å². The number of hydrogen-bond donors (Lipinski definition) is 0. The van der Waals surface area contributed by atoms with Crippen molar-refractivity contribution in [1.29, 1.82) is 5.26 Å². The summed E-state index contributed by atoms with van der Waals surface area (Å²) >= 11 is 5.84. The summed E-state index contributed by atoms with van der Waals surface area (Å²) in [7, 11) is 0. The molecule has 1 saturated carbocycles. The van der Waals surface area contributed by atoms with Gasteiger partial charge in [0.05, 0.1) is 5.02 Å². The van der Waals surface area contributed by atoms with Crippen molar-refractivity contribution in [3.8, 4) is 6.07 Å². The summed E-state index contributed by atoms with van der Waals surface area (Å²) in [5.74, 6) is 0.481. The third-order valence-corrected chi connectivity index (χ3v) is 3.92. The fraction of sp³-hybridized carbons (Fsp3) is 0.538. The highest BCUT2D eigenvalue weighted by molar-refractivity contribution is 6.31. The lowest BCUT2D eigenvalue weighted by molar-refractivity contribution is 0.252. The summed E-state index contributed by atoms with van der Waals surface area (Å²) in [6, 6.07) is 3.74. The summed E-state index contributed by atoms with van der Waals surface area (Å²) in [5, 5.41) is 9.19. The molecular formula is C13H15ClN2O. The van der Waals surface area contributed by atoms with E-state index in [0.29, 0.717) is 5.92 Å². The van der Waals surface area contributed by atoms with Gasteiger partial charge in [-0.15, -0.1) is 0 Å². The minimum absolute atomic E-state index is 0.0620. The third kappa shape index (κ3) is 2.23. The Hall–Kier alpha value is -1.27. The Morgan fingerprint density at radius 1 is 1.47 bits per heavy atom. The van der Waals surface area contributed by atoms with Crippen molar-refractivity contribution in [1.82, 2.24) is 4.57 Å². The second-order valence-electron chi connectivity index (χ2n) is 4.69. The molecule has 1 aliphatic carbocycles. The van der Waals surface area contributed by atoms with Crippen molar-refractivity contribution in [2.45, 2.75) is 38.6 Å². The number of pyridine rings is 1. The predicted octanol–water partition coefficient (Wildman–Crippen LogP) is 3.12. The SMILES string of the molecule is CC1CCCCC1n1ccc(Cl)c(C#N)c1=O. The number of hydrogen-bond acceptors (Lipinski definition) is 2. The van der Waals surface area contributed by atoms with E-state index in [0.717, 1.165) is 19.3 Å². The van der Waals surface area contributed by atoms with Gasteiger partial charge in [-0.25, -0.2) is 0 Å². The van der Waals surface area contributed by atoms with Gasteiger partial charge in [-0.05, 0) is 24.8 Å². The van der Waals surface area contributed by atoms with Crippen LogP contribution in [0.1, 0.15) is 44.2 Å². The van der Waals surface area contributed by atoms with Crippen LogP contribution in [0.25, 0.3) is 0 Å². The van der Waals surface area contributed by atoms with Gasteiger partial charge < -0.3 is 4.57 Å². The minimum Gasteiger partial charge on any atom is -0.311 e. The molecule has 1 aromatic rings. The Balaban J connectivity index is 2.46. The Bertz CT molecular complexity index is 515. The van der Waals surface area contributed by atoms with Crippen LogP contribution in [0.15, 0.2) is 17.1 Å². The van der Waals surface area contributed by atoms with Crippen LogP contribution >= 0.6 is 11.6 Å². The highest BCUT2D eigenvalue weighted by atomic mass is 35.5. The zero-order chi connectivity index (χ0) is 12.4. The van der Waals surface area contributed by atoms with Crippen molar-refractivity contribution >= 4 is 11.6 Å². The Kier molecular flexibility index (Phi) is 3.54. The molecule has 2 unspecified atom stereocenters. The highest BCUT2D eigenvalue weighted by Gasteiger charge is 2.24. The highest BCUT2D eigenvalue weighted by Crippen LogP contribution is 2.32. The van der Waals surface area contributed by atoms with Gasteiger partial charge in [0.25, 0.3) is 5.56 Å². The van der Waals surface area contributed by atoms with E-state index in [1.54, 1.807) is 16.8 Å². The van der Waals surface area contributed by atoms with Gasteiger partial charge in [-0.3, -0.25) is 4.79 Å². The number of nitrogens with zero attached hydrogens (tertiary/aromatic N) is 2. The van der Waals surface area contributed by atoms with E-state index in [4.69, 9.17) is 16.9 Å². The largest absolute Gasteiger partial charge is 0.311 e. The first-order chi connectivity index (χ1) is 8.15. The normalized spacial score (nSPS) is 24.3. The molecule has 90 valence electrons. The first-order valence-electron chi connectivity index (χ1n) is 5.96. The van der Waals surface area contributed by atoms with Crippen LogP contribution in [0, 0.1) is 17.2 Å². The summed E-state index contributed by atoms with van der Waals surface area (Å²) < 4.78 is 1.69. The molecule has 0 aliphatic heterocycles. The standard InChI is InChI=1S/C13H15ClN2O/c1-9-4-2-3-5-12(9)16-7-6-11(14)10(8-15)13(16)17/h6-7,9,12H,2-5H2,1H3. The molecule has 0 spiro atoms. The number of halogens is 1. The molecule has 0 saturated heterocycles. The molecule has 0 radical (unpaired) electrons. The van der Waals surface area contributed by atoms with Crippen LogP contribution in [0.2, 0.25) is 5.02 Å². The molecule has 0 aromatic carbocycles. The second kappa shape index (κ2) is 4.93. The van der Waals surface area contributed by atoms with Gasteiger partial charge in [-0.2, -0.15) is 5.26 Å². The monoisotopic (exact) mass is 250 g/mol. The number of aromatic nitrogens is 1. The molecule has 3 nitrogen and oxygen atoms in total. The van der Waals surface area contributed by atoms with E-state index in [1.807, 2.05) is 6.07 Å². The van der Waals surface area contributed by atoms with Crippen LogP contribution < -0.4 is 5.56 Å². The Morgan fingerprint density at radius 2 is 2.18 bits per heavy atom. The van der Waals surface area contributed by atoms with E-state index in [-0.39, 0.29) is 22.2 Å². The Morgan fingerprint density at radius 3 is 2.82 bits per heavy atom. The van der Waals surface area contributed by atoms with Crippen LogP contribution in [-0.4, -0.2) is 4.57 Å². The quantitative estimate of drug-likeness (QED) is 0.769. The van der Waals surface area contributed by atoms with Crippen molar-refractivity contribution in [3.05, 3.63) is 33.2 Å². The van der Waals surface area contributed by atoms with E-state index in [2.05, 4.69) is 6.92 Å². The number of nitriles is 1. The van der Waals surface area contributed by atoms with Crippen molar-refractivity contribution in [3.63, 3.8) is 0 Å². The van der Waals surface area contributed by atoms with E-state index in [9.17, 15) is 4.79 Å². The molecule has 1 heterocycles. The molecule has 4 heteroatoms. The zero-order valence-corrected chi connectivity index (χ0v) is 10.6. The smallest absolute Gasteiger partial charge is 0.270 e. The van der Waals surface area contributed by atoms with Crippen molar-refractivity contribution in [2.24, 2.45) is 5.92 Å². The molecular weight excluding hydrogens is 236 g/mol. The first kappa shape index (κ1) is 12.2. The molecule has 2 atom stereocenters. The fourth-order valence-electron chi connectivity index (χ4n) is 2.60. The van der Waals surface area contributed by atoms with Crippen LogP contribution in [0.5, 0.6) is 0 Å². The Labute approximate surface area is 106 Å². The lowest BCUT2D eigenvalue weighted by Gasteiger charge is -2.30. The fourth-order valence-corrected chi connectivity index (χ4v) is 2.78. The average Bonchev–Trinajstić information content (AvgIpc) is 2.31. The molecule has 0 bridgehead atoms. The van der Waals surface area contributed by atoms with Gasteiger partial charge in [0.1, 0.15) is 11.6 Å². The maximum atomic E-state index is 12.1. The molecule has 1 fully saturated rings. The number of rotatable bonds is 1. The lowest BCUT2D eigenvalue weighted by atomic mass is 9.85. The molecule has 0 amide bonds. The summed E-state index contributed by atoms with van der Waals surface area (Å²) in [6.07, 6.45) is 6.24.